The van der Waals surface area contributed by atoms with E-state index in [4.69, 9.17) is 9.47 Å². The lowest BCUT2D eigenvalue weighted by molar-refractivity contribution is 0.0729. The molecule has 1 aliphatic heterocycles. The number of hydrogen-bond donors (Lipinski definition) is 1. The second kappa shape index (κ2) is 8.93. The number of anilines is 1. The van der Waals surface area contributed by atoms with E-state index in [0.717, 1.165) is 5.56 Å². The molecular formula is C20H26N2O6S2. The summed E-state index contributed by atoms with van der Waals surface area (Å²) < 4.78 is 65.9. The Hall–Kier alpha value is -2.14. The van der Waals surface area contributed by atoms with Crippen LogP contribution in [0.2, 0.25) is 0 Å². The number of methoxy groups -OCH3 is 1. The van der Waals surface area contributed by atoms with Crippen LogP contribution >= 0.6 is 0 Å². The number of morpholine rings is 1. The maximum Gasteiger partial charge on any atom is 0.261 e. The summed E-state index contributed by atoms with van der Waals surface area (Å²) in [6, 6.07) is 10.8. The van der Waals surface area contributed by atoms with Crippen molar-refractivity contribution in [1.29, 1.82) is 0 Å². The molecule has 8 nitrogen and oxygen atoms in total. The van der Waals surface area contributed by atoms with E-state index in [1.54, 1.807) is 12.1 Å². The van der Waals surface area contributed by atoms with Crippen molar-refractivity contribution >= 4 is 25.7 Å². The van der Waals surface area contributed by atoms with Gasteiger partial charge in [-0.2, -0.15) is 4.31 Å². The third-order valence-corrected chi connectivity index (χ3v) is 8.18. The first-order valence-electron chi connectivity index (χ1n) is 9.54. The van der Waals surface area contributed by atoms with E-state index in [-0.39, 0.29) is 40.2 Å². The van der Waals surface area contributed by atoms with Gasteiger partial charge in [-0.25, -0.2) is 16.8 Å². The van der Waals surface area contributed by atoms with Crippen LogP contribution in [0.5, 0.6) is 5.75 Å². The molecule has 1 N–H and O–H groups in total. The average Bonchev–Trinajstić information content (AvgIpc) is 2.74. The van der Waals surface area contributed by atoms with Gasteiger partial charge in [0.2, 0.25) is 10.0 Å². The zero-order valence-corrected chi connectivity index (χ0v) is 18.8. The lowest BCUT2D eigenvalue weighted by atomic mass is 10.0. The quantitative estimate of drug-likeness (QED) is 0.690. The number of nitrogens with zero attached hydrogens (tertiary/aromatic N) is 1. The van der Waals surface area contributed by atoms with E-state index >= 15 is 0 Å². The van der Waals surface area contributed by atoms with Crippen molar-refractivity contribution in [2.75, 3.05) is 38.1 Å². The van der Waals surface area contributed by atoms with Gasteiger partial charge in [0.05, 0.1) is 30.9 Å². The first-order chi connectivity index (χ1) is 14.1. The molecule has 1 heterocycles. The van der Waals surface area contributed by atoms with E-state index < -0.39 is 20.0 Å². The zero-order chi connectivity index (χ0) is 21.9. The minimum atomic E-state index is -3.88. The molecule has 164 valence electrons. The van der Waals surface area contributed by atoms with Gasteiger partial charge >= 0.3 is 0 Å². The Balaban J connectivity index is 1.92. The van der Waals surface area contributed by atoms with Crippen LogP contribution in [-0.2, 0) is 24.8 Å². The Labute approximate surface area is 177 Å². The van der Waals surface area contributed by atoms with E-state index in [9.17, 15) is 16.8 Å². The van der Waals surface area contributed by atoms with Crippen LogP contribution < -0.4 is 9.46 Å². The van der Waals surface area contributed by atoms with Crippen molar-refractivity contribution < 1.29 is 26.3 Å². The molecule has 30 heavy (non-hydrogen) atoms. The highest BCUT2D eigenvalue weighted by Crippen LogP contribution is 2.31. The molecule has 10 heteroatoms. The van der Waals surface area contributed by atoms with Crippen LogP contribution in [0.15, 0.2) is 52.3 Å². The maximum atomic E-state index is 13.1. The summed E-state index contributed by atoms with van der Waals surface area (Å²) in [6.45, 7) is 5.11. The predicted molar refractivity (Wildman–Crippen MR) is 114 cm³/mol. The van der Waals surface area contributed by atoms with Gasteiger partial charge in [-0.05, 0) is 41.8 Å². The predicted octanol–water partition coefficient (Wildman–Crippen LogP) is 2.64. The molecule has 0 bridgehead atoms. The molecule has 0 atom stereocenters. The lowest BCUT2D eigenvalue weighted by Crippen LogP contribution is -2.40. The van der Waals surface area contributed by atoms with Crippen molar-refractivity contribution in [3.63, 3.8) is 0 Å². The smallest absolute Gasteiger partial charge is 0.261 e. The molecule has 2 aromatic carbocycles. The summed E-state index contributed by atoms with van der Waals surface area (Å²) in [7, 11) is -6.38. The largest absolute Gasteiger partial charge is 0.495 e. The maximum absolute atomic E-state index is 13.1. The molecule has 1 fully saturated rings. The van der Waals surface area contributed by atoms with E-state index in [2.05, 4.69) is 4.72 Å². The van der Waals surface area contributed by atoms with Gasteiger partial charge in [-0.3, -0.25) is 4.72 Å². The van der Waals surface area contributed by atoms with Gasteiger partial charge < -0.3 is 9.47 Å². The van der Waals surface area contributed by atoms with Crippen LogP contribution in [0.4, 0.5) is 5.69 Å². The topological polar surface area (TPSA) is 102 Å². The Bertz CT molecular complexity index is 1090. The van der Waals surface area contributed by atoms with Crippen LogP contribution in [0, 0.1) is 0 Å². The van der Waals surface area contributed by atoms with Crippen LogP contribution in [0.25, 0.3) is 0 Å². The number of hydrogen-bond acceptors (Lipinski definition) is 6. The fourth-order valence-corrected chi connectivity index (χ4v) is 5.75. The molecule has 0 amide bonds. The van der Waals surface area contributed by atoms with Crippen LogP contribution in [-0.4, -0.2) is 54.6 Å². The zero-order valence-electron chi connectivity index (χ0n) is 17.2. The Kier molecular flexibility index (Phi) is 6.71. The number of nitrogens with one attached hydrogen (secondary N) is 1. The second-order valence-corrected chi connectivity index (χ2v) is 10.8. The summed E-state index contributed by atoms with van der Waals surface area (Å²) in [4.78, 5) is 0.00237. The number of sulfonamides is 2. The summed E-state index contributed by atoms with van der Waals surface area (Å²) in [5, 5.41) is 0. The first-order valence-corrected chi connectivity index (χ1v) is 12.5. The van der Waals surface area contributed by atoms with Gasteiger partial charge in [-0.15, -0.1) is 0 Å². The first kappa shape index (κ1) is 22.5. The third-order valence-electron chi connectivity index (χ3n) is 4.86. The molecule has 0 spiro atoms. The van der Waals surface area contributed by atoms with Crippen molar-refractivity contribution in [1.82, 2.24) is 4.31 Å². The molecule has 2 aromatic rings. The van der Waals surface area contributed by atoms with Gasteiger partial charge in [0.1, 0.15) is 10.6 Å². The van der Waals surface area contributed by atoms with E-state index in [0.29, 0.717) is 13.2 Å². The second-order valence-electron chi connectivity index (χ2n) is 7.21. The third kappa shape index (κ3) is 4.77. The highest BCUT2D eigenvalue weighted by molar-refractivity contribution is 7.92. The summed E-state index contributed by atoms with van der Waals surface area (Å²) in [6.07, 6.45) is 0. The molecule has 1 saturated heterocycles. The minimum Gasteiger partial charge on any atom is -0.495 e. The van der Waals surface area contributed by atoms with E-state index in [1.165, 1.54) is 41.7 Å². The normalized spacial score (nSPS) is 15.9. The molecule has 0 radical (unpaired) electrons. The molecule has 0 unspecified atom stereocenters. The molecule has 0 aromatic heterocycles. The van der Waals surface area contributed by atoms with E-state index in [1.807, 2.05) is 13.8 Å². The SMILES string of the molecule is COc1ccc(NS(=O)(=O)c2ccc(C(C)C)cc2)cc1S(=O)(=O)N1CCOCC1. The molecule has 0 aliphatic carbocycles. The van der Waals surface area contributed by atoms with Gasteiger partial charge in [0.25, 0.3) is 10.0 Å². The Morgan fingerprint density at radius 2 is 1.63 bits per heavy atom. The number of benzene rings is 2. The molecule has 3 rings (SSSR count). The van der Waals surface area contributed by atoms with Crippen LogP contribution in [0.3, 0.4) is 0 Å². The fourth-order valence-electron chi connectivity index (χ4n) is 3.11. The number of rotatable bonds is 7. The molecular weight excluding hydrogens is 428 g/mol. The van der Waals surface area contributed by atoms with Crippen molar-refractivity contribution in [3.05, 3.63) is 48.0 Å². The van der Waals surface area contributed by atoms with Gasteiger partial charge in [0.15, 0.2) is 0 Å². The summed E-state index contributed by atoms with van der Waals surface area (Å²) >= 11 is 0. The van der Waals surface area contributed by atoms with Crippen molar-refractivity contribution in [2.24, 2.45) is 0 Å². The highest BCUT2D eigenvalue weighted by Gasteiger charge is 2.30. The van der Waals surface area contributed by atoms with Crippen LogP contribution in [0.1, 0.15) is 25.3 Å². The molecule has 1 aliphatic rings. The lowest BCUT2D eigenvalue weighted by Gasteiger charge is -2.26. The Morgan fingerprint density at radius 1 is 1.00 bits per heavy atom. The minimum absolute atomic E-state index is 0.0951. The molecule has 0 saturated carbocycles. The highest BCUT2D eigenvalue weighted by atomic mass is 32.2. The monoisotopic (exact) mass is 454 g/mol. The van der Waals surface area contributed by atoms with Crippen molar-refractivity contribution in [3.8, 4) is 5.75 Å². The Morgan fingerprint density at radius 3 is 2.20 bits per heavy atom. The summed E-state index contributed by atoms with van der Waals surface area (Å²) in [5.41, 5.74) is 1.16. The average molecular weight is 455 g/mol. The standard InChI is InChI=1S/C20H26N2O6S2/c1-15(2)16-4-7-18(8-5-16)29(23,24)21-17-6-9-19(27-3)20(14-17)30(25,26)22-10-12-28-13-11-22/h4-9,14-15,21H,10-13H2,1-3H3. The summed E-state index contributed by atoms with van der Waals surface area (Å²) in [5.74, 6) is 0.426. The fraction of sp³-hybridized carbons (Fsp3) is 0.400. The number of ether oxygens (including phenoxy) is 2. The van der Waals surface area contributed by atoms with Gasteiger partial charge in [0, 0.05) is 13.1 Å². The van der Waals surface area contributed by atoms with Crippen molar-refractivity contribution in [2.45, 2.75) is 29.6 Å². The van der Waals surface area contributed by atoms with Gasteiger partial charge in [-0.1, -0.05) is 26.0 Å².